The summed E-state index contributed by atoms with van der Waals surface area (Å²) in [6, 6.07) is 7.12. The maximum Gasteiger partial charge on any atom is 0.117 e. The lowest BCUT2D eigenvalue weighted by Gasteiger charge is -1.89. The first-order chi connectivity index (χ1) is 5.25. The van der Waals surface area contributed by atoms with Gasteiger partial charge >= 0.3 is 0 Å². The van der Waals surface area contributed by atoms with Crippen molar-refractivity contribution in [3.05, 3.63) is 28.6 Å². The Kier molecular flexibility index (Phi) is 1.51. The SMILES string of the molecule is Oc1ccc2cc(Cl)sc2c1. The zero-order valence-electron chi connectivity index (χ0n) is 5.54. The third-order valence-corrected chi connectivity index (χ3v) is 2.70. The fourth-order valence-corrected chi connectivity index (χ4v) is 2.17. The Balaban J connectivity index is 2.82. The minimum atomic E-state index is 0.288. The highest BCUT2D eigenvalue weighted by Crippen LogP contribution is 2.31. The molecule has 0 saturated carbocycles. The van der Waals surface area contributed by atoms with E-state index in [0.29, 0.717) is 0 Å². The molecule has 0 saturated heterocycles. The summed E-state index contributed by atoms with van der Waals surface area (Å²) >= 11 is 7.24. The molecular weight excluding hydrogens is 180 g/mol. The monoisotopic (exact) mass is 184 g/mol. The number of thiophene rings is 1. The first-order valence-corrected chi connectivity index (χ1v) is 4.33. The molecular formula is C8H5ClOS. The quantitative estimate of drug-likeness (QED) is 0.667. The molecule has 0 aliphatic rings. The molecule has 3 heteroatoms. The van der Waals surface area contributed by atoms with Crippen LogP contribution in [0.1, 0.15) is 0 Å². The topological polar surface area (TPSA) is 20.2 Å². The molecule has 0 fully saturated rings. The van der Waals surface area contributed by atoms with Gasteiger partial charge in [0.25, 0.3) is 0 Å². The molecule has 1 heterocycles. The van der Waals surface area contributed by atoms with Crippen LogP contribution >= 0.6 is 22.9 Å². The van der Waals surface area contributed by atoms with Gasteiger partial charge in [-0.2, -0.15) is 0 Å². The second kappa shape index (κ2) is 2.40. The number of phenolic OH excluding ortho intramolecular Hbond substituents is 1. The van der Waals surface area contributed by atoms with Crippen LogP contribution in [0.4, 0.5) is 0 Å². The second-order valence-electron chi connectivity index (χ2n) is 2.27. The van der Waals surface area contributed by atoms with Crippen molar-refractivity contribution in [2.24, 2.45) is 0 Å². The van der Waals surface area contributed by atoms with Gasteiger partial charge in [-0.05, 0) is 29.7 Å². The van der Waals surface area contributed by atoms with Crippen LogP contribution in [-0.4, -0.2) is 5.11 Å². The van der Waals surface area contributed by atoms with Gasteiger partial charge in [0.05, 0.1) is 4.34 Å². The van der Waals surface area contributed by atoms with E-state index in [1.165, 1.54) is 11.3 Å². The van der Waals surface area contributed by atoms with Crippen molar-refractivity contribution >= 4 is 33.0 Å². The molecule has 0 aliphatic carbocycles. The molecule has 0 amide bonds. The molecule has 0 spiro atoms. The van der Waals surface area contributed by atoms with Gasteiger partial charge in [-0.1, -0.05) is 11.6 Å². The van der Waals surface area contributed by atoms with Crippen LogP contribution in [0.25, 0.3) is 10.1 Å². The number of hydrogen-bond acceptors (Lipinski definition) is 2. The van der Waals surface area contributed by atoms with Crippen molar-refractivity contribution in [2.75, 3.05) is 0 Å². The number of benzene rings is 1. The van der Waals surface area contributed by atoms with Crippen molar-refractivity contribution in [3.63, 3.8) is 0 Å². The van der Waals surface area contributed by atoms with Gasteiger partial charge in [0, 0.05) is 4.70 Å². The molecule has 1 nitrogen and oxygen atoms in total. The van der Waals surface area contributed by atoms with Gasteiger partial charge in [-0.3, -0.25) is 0 Å². The van der Waals surface area contributed by atoms with Gasteiger partial charge in [-0.15, -0.1) is 11.3 Å². The van der Waals surface area contributed by atoms with Crippen LogP contribution in [0.3, 0.4) is 0 Å². The molecule has 1 aromatic heterocycles. The van der Waals surface area contributed by atoms with Gasteiger partial charge < -0.3 is 5.11 Å². The lowest BCUT2D eigenvalue weighted by molar-refractivity contribution is 0.476. The smallest absolute Gasteiger partial charge is 0.117 e. The number of phenols is 1. The number of aromatic hydroxyl groups is 1. The van der Waals surface area contributed by atoms with Gasteiger partial charge in [0.15, 0.2) is 0 Å². The number of hydrogen-bond donors (Lipinski definition) is 1. The Morgan fingerprint density at radius 1 is 1.27 bits per heavy atom. The van der Waals surface area contributed by atoms with Gasteiger partial charge in [0.2, 0.25) is 0 Å². The van der Waals surface area contributed by atoms with Gasteiger partial charge in [-0.25, -0.2) is 0 Å². The summed E-state index contributed by atoms with van der Waals surface area (Å²) in [6.45, 7) is 0. The largest absolute Gasteiger partial charge is 0.508 e. The molecule has 0 radical (unpaired) electrons. The molecule has 1 aromatic carbocycles. The van der Waals surface area contributed by atoms with Gasteiger partial charge in [0.1, 0.15) is 5.75 Å². The number of rotatable bonds is 0. The highest BCUT2D eigenvalue weighted by atomic mass is 35.5. The number of halogens is 1. The Hall–Kier alpha value is -0.730. The summed E-state index contributed by atoms with van der Waals surface area (Å²) in [7, 11) is 0. The van der Waals surface area contributed by atoms with Crippen molar-refractivity contribution in [3.8, 4) is 5.75 Å². The fourth-order valence-electron chi connectivity index (χ4n) is 0.987. The predicted molar refractivity (Wildman–Crippen MR) is 48.5 cm³/mol. The summed E-state index contributed by atoms with van der Waals surface area (Å²) < 4.78 is 1.78. The van der Waals surface area contributed by atoms with Crippen LogP contribution in [0.15, 0.2) is 24.3 Å². The van der Waals surface area contributed by atoms with Crippen molar-refractivity contribution in [1.29, 1.82) is 0 Å². The second-order valence-corrected chi connectivity index (χ2v) is 3.99. The summed E-state index contributed by atoms with van der Waals surface area (Å²) in [5.74, 6) is 0.288. The molecule has 2 rings (SSSR count). The molecule has 1 N–H and O–H groups in total. The van der Waals surface area contributed by atoms with E-state index in [1.54, 1.807) is 12.1 Å². The van der Waals surface area contributed by atoms with E-state index in [9.17, 15) is 0 Å². The van der Waals surface area contributed by atoms with Crippen LogP contribution in [0.5, 0.6) is 5.75 Å². The average Bonchev–Trinajstić information content (AvgIpc) is 2.27. The highest BCUT2D eigenvalue weighted by molar-refractivity contribution is 7.22. The zero-order valence-corrected chi connectivity index (χ0v) is 7.12. The summed E-state index contributed by atoms with van der Waals surface area (Å²) in [4.78, 5) is 0. The molecule has 0 unspecified atom stereocenters. The minimum absolute atomic E-state index is 0.288. The lowest BCUT2D eigenvalue weighted by atomic mass is 10.2. The summed E-state index contributed by atoms with van der Waals surface area (Å²) in [5, 5.41) is 10.2. The first-order valence-electron chi connectivity index (χ1n) is 3.14. The first kappa shape index (κ1) is 6.95. The minimum Gasteiger partial charge on any atom is -0.508 e. The lowest BCUT2D eigenvalue weighted by Crippen LogP contribution is -1.61. The van der Waals surface area contributed by atoms with E-state index in [2.05, 4.69) is 0 Å². The van der Waals surface area contributed by atoms with Crippen LogP contribution in [0.2, 0.25) is 4.34 Å². The normalized spacial score (nSPS) is 10.6. The summed E-state index contributed by atoms with van der Waals surface area (Å²) in [5.41, 5.74) is 0. The Morgan fingerprint density at radius 3 is 2.91 bits per heavy atom. The maximum atomic E-state index is 9.10. The molecule has 0 aliphatic heterocycles. The Labute approximate surface area is 72.9 Å². The summed E-state index contributed by atoms with van der Waals surface area (Å²) in [6.07, 6.45) is 0. The van der Waals surface area contributed by atoms with Crippen molar-refractivity contribution in [1.82, 2.24) is 0 Å². The standard InChI is InChI=1S/C8H5ClOS/c9-8-3-5-1-2-6(10)4-7(5)11-8/h1-4,10H. The highest BCUT2D eigenvalue weighted by Gasteiger charge is 1.98. The predicted octanol–water partition coefficient (Wildman–Crippen LogP) is 3.26. The zero-order chi connectivity index (χ0) is 7.84. The number of fused-ring (bicyclic) bond motifs is 1. The third-order valence-electron chi connectivity index (χ3n) is 1.47. The Bertz CT molecular complexity index is 394. The average molecular weight is 185 g/mol. The van der Waals surface area contributed by atoms with E-state index < -0.39 is 0 Å². The van der Waals surface area contributed by atoms with Crippen LogP contribution < -0.4 is 0 Å². The molecule has 0 atom stereocenters. The fraction of sp³-hybridized carbons (Fsp3) is 0. The van der Waals surface area contributed by atoms with Crippen LogP contribution in [-0.2, 0) is 0 Å². The van der Waals surface area contributed by atoms with E-state index in [-0.39, 0.29) is 5.75 Å². The van der Waals surface area contributed by atoms with E-state index >= 15 is 0 Å². The molecule has 11 heavy (non-hydrogen) atoms. The maximum absolute atomic E-state index is 9.10. The van der Waals surface area contributed by atoms with E-state index in [1.807, 2.05) is 12.1 Å². The third kappa shape index (κ3) is 1.19. The molecule has 56 valence electrons. The van der Waals surface area contributed by atoms with Crippen molar-refractivity contribution in [2.45, 2.75) is 0 Å². The molecule has 0 bridgehead atoms. The van der Waals surface area contributed by atoms with E-state index in [4.69, 9.17) is 16.7 Å². The molecule has 2 aromatic rings. The van der Waals surface area contributed by atoms with Crippen molar-refractivity contribution < 1.29 is 5.11 Å². The van der Waals surface area contributed by atoms with E-state index in [0.717, 1.165) is 14.4 Å². The Morgan fingerprint density at radius 2 is 2.09 bits per heavy atom. The van der Waals surface area contributed by atoms with Crippen LogP contribution in [0, 0.1) is 0 Å².